The normalized spacial score (nSPS) is 11.1. The summed E-state index contributed by atoms with van der Waals surface area (Å²) >= 11 is 0. The van der Waals surface area contributed by atoms with Crippen molar-refractivity contribution in [3.8, 4) is 5.75 Å². The topological polar surface area (TPSA) is 49.8 Å². The molecule has 0 aliphatic rings. The molecule has 0 aromatic heterocycles. The number of likely N-dealkylation sites (N-methyl/N-ethyl adjacent to an activating group) is 1. The second-order valence-electron chi connectivity index (χ2n) is 4.12. The molecule has 0 heterocycles. The van der Waals surface area contributed by atoms with Gasteiger partial charge in [0.25, 0.3) is 5.91 Å². The number of ether oxygens (including phenoxy) is 1. The number of methoxy groups -OCH3 is 1. The quantitative estimate of drug-likeness (QED) is 0.843. The van der Waals surface area contributed by atoms with Crippen molar-refractivity contribution in [2.24, 2.45) is 0 Å². The fourth-order valence-corrected chi connectivity index (χ4v) is 1.35. The first-order valence-corrected chi connectivity index (χ1v) is 5.01. The van der Waals surface area contributed by atoms with Gasteiger partial charge in [-0.25, -0.2) is 0 Å². The van der Waals surface area contributed by atoms with Gasteiger partial charge in [-0.3, -0.25) is 4.79 Å². The number of hydrogen-bond donors (Lipinski definition) is 1. The van der Waals surface area contributed by atoms with Crippen LogP contribution in [0.15, 0.2) is 24.3 Å². The van der Waals surface area contributed by atoms with Crippen LogP contribution in [0.1, 0.15) is 13.8 Å². The molecule has 16 heavy (non-hydrogen) atoms. The number of anilines is 1. The zero-order chi connectivity index (χ0) is 12.3. The second kappa shape index (κ2) is 4.53. The molecule has 1 aromatic rings. The number of carbonyl (C=O) groups excluding carboxylic acids is 1. The number of benzene rings is 1. The molecule has 0 fully saturated rings. The molecular formula is C12H17NO3. The average molecular weight is 223 g/mol. The highest BCUT2D eigenvalue weighted by Crippen LogP contribution is 2.21. The summed E-state index contributed by atoms with van der Waals surface area (Å²) < 4.78 is 5.07. The maximum atomic E-state index is 11.8. The van der Waals surface area contributed by atoms with Crippen LogP contribution in [0.4, 0.5) is 5.69 Å². The van der Waals surface area contributed by atoms with Crippen molar-refractivity contribution in [2.75, 3.05) is 19.1 Å². The molecule has 0 atom stereocenters. The van der Waals surface area contributed by atoms with E-state index in [0.717, 1.165) is 0 Å². The van der Waals surface area contributed by atoms with Crippen LogP contribution in [0.5, 0.6) is 5.75 Å². The van der Waals surface area contributed by atoms with E-state index in [1.54, 1.807) is 38.4 Å². The standard InChI is InChI=1S/C12H17NO3/c1-12(2,15)11(14)13(3)9-6-5-7-10(8-9)16-4/h5-8,15H,1-4H3. The van der Waals surface area contributed by atoms with Crippen LogP contribution < -0.4 is 9.64 Å². The number of rotatable bonds is 3. The van der Waals surface area contributed by atoms with Gasteiger partial charge in [-0.05, 0) is 26.0 Å². The Kier molecular flexibility index (Phi) is 3.55. The van der Waals surface area contributed by atoms with Gasteiger partial charge in [-0.2, -0.15) is 0 Å². The largest absolute Gasteiger partial charge is 0.497 e. The monoisotopic (exact) mass is 223 g/mol. The van der Waals surface area contributed by atoms with Crippen LogP contribution in [0.2, 0.25) is 0 Å². The predicted molar refractivity (Wildman–Crippen MR) is 62.7 cm³/mol. The highest BCUT2D eigenvalue weighted by molar-refractivity contribution is 5.98. The van der Waals surface area contributed by atoms with E-state index in [9.17, 15) is 9.90 Å². The zero-order valence-electron chi connectivity index (χ0n) is 10.0. The molecule has 4 nitrogen and oxygen atoms in total. The Labute approximate surface area is 95.5 Å². The lowest BCUT2D eigenvalue weighted by Crippen LogP contribution is -2.43. The molecule has 1 aromatic carbocycles. The Bertz CT molecular complexity index is 382. The third-order valence-electron chi connectivity index (χ3n) is 2.27. The molecule has 0 aliphatic carbocycles. The third kappa shape index (κ3) is 2.73. The first-order valence-electron chi connectivity index (χ1n) is 5.01. The summed E-state index contributed by atoms with van der Waals surface area (Å²) in [7, 11) is 3.19. The molecule has 4 heteroatoms. The molecule has 88 valence electrons. The van der Waals surface area contributed by atoms with Gasteiger partial charge in [-0.15, -0.1) is 0 Å². The Morgan fingerprint density at radius 3 is 2.56 bits per heavy atom. The van der Waals surface area contributed by atoms with E-state index in [4.69, 9.17) is 4.74 Å². The van der Waals surface area contributed by atoms with Gasteiger partial charge >= 0.3 is 0 Å². The molecule has 0 unspecified atom stereocenters. The first-order chi connectivity index (χ1) is 7.36. The Balaban J connectivity index is 2.96. The van der Waals surface area contributed by atoms with Gasteiger partial charge in [0, 0.05) is 18.8 Å². The first kappa shape index (κ1) is 12.5. The lowest BCUT2D eigenvalue weighted by atomic mass is 10.1. The van der Waals surface area contributed by atoms with Crippen LogP contribution in [-0.2, 0) is 4.79 Å². The second-order valence-corrected chi connectivity index (χ2v) is 4.12. The van der Waals surface area contributed by atoms with Crippen LogP contribution in [0, 0.1) is 0 Å². The van der Waals surface area contributed by atoms with Crippen LogP contribution in [0.25, 0.3) is 0 Å². The lowest BCUT2D eigenvalue weighted by Gasteiger charge is -2.25. The van der Waals surface area contributed by atoms with E-state index in [-0.39, 0.29) is 5.91 Å². The highest BCUT2D eigenvalue weighted by Gasteiger charge is 2.28. The number of carbonyl (C=O) groups is 1. The van der Waals surface area contributed by atoms with E-state index >= 15 is 0 Å². The number of nitrogens with zero attached hydrogens (tertiary/aromatic N) is 1. The Hall–Kier alpha value is -1.55. The van der Waals surface area contributed by atoms with Gasteiger partial charge in [0.2, 0.25) is 0 Å². The van der Waals surface area contributed by atoms with E-state index in [0.29, 0.717) is 11.4 Å². The Morgan fingerprint density at radius 2 is 2.06 bits per heavy atom. The summed E-state index contributed by atoms with van der Waals surface area (Å²) in [4.78, 5) is 13.2. The van der Waals surface area contributed by atoms with E-state index in [1.165, 1.54) is 18.7 Å². The summed E-state index contributed by atoms with van der Waals surface area (Å²) in [5, 5.41) is 9.62. The van der Waals surface area contributed by atoms with Crippen molar-refractivity contribution in [3.05, 3.63) is 24.3 Å². The summed E-state index contributed by atoms with van der Waals surface area (Å²) in [5.74, 6) is 0.314. The predicted octanol–water partition coefficient (Wildman–Crippen LogP) is 1.43. The van der Waals surface area contributed by atoms with Crippen molar-refractivity contribution in [1.29, 1.82) is 0 Å². The summed E-state index contributed by atoms with van der Waals surface area (Å²) in [6.07, 6.45) is 0. The molecule has 1 amide bonds. The summed E-state index contributed by atoms with van der Waals surface area (Å²) in [6, 6.07) is 7.12. The minimum Gasteiger partial charge on any atom is -0.497 e. The van der Waals surface area contributed by atoms with Gasteiger partial charge in [0.1, 0.15) is 11.4 Å². The van der Waals surface area contributed by atoms with Gasteiger partial charge in [0.05, 0.1) is 7.11 Å². The minimum absolute atomic E-state index is 0.360. The summed E-state index contributed by atoms with van der Waals surface area (Å²) in [5.41, 5.74) is -0.691. The van der Waals surface area contributed by atoms with E-state index in [2.05, 4.69) is 0 Å². The maximum Gasteiger partial charge on any atom is 0.258 e. The SMILES string of the molecule is COc1cccc(N(C)C(=O)C(C)(C)O)c1. The lowest BCUT2D eigenvalue weighted by molar-refractivity contribution is -0.133. The van der Waals surface area contributed by atoms with E-state index < -0.39 is 5.60 Å². The smallest absolute Gasteiger partial charge is 0.258 e. The average Bonchev–Trinajstić information content (AvgIpc) is 2.26. The van der Waals surface area contributed by atoms with Gasteiger partial charge in [-0.1, -0.05) is 6.07 Å². The molecular weight excluding hydrogens is 206 g/mol. The van der Waals surface area contributed by atoms with Crippen molar-refractivity contribution in [3.63, 3.8) is 0 Å². The molecule has 0 saturated carbocycles. The fraction of sp³-hybridized carbons (Fsp3) is 0.417. The van der Waals surface area contributed by atoms with E-state index in [1.807, 2.05) is 0 Å². The van der Waals surface area contributed by atoms with Gasteiger partial charge < -0.3 is 14.7 Å². The molecule has 0 radical (unpaired) electrons. The fourth-order valence-electron chi connectivity index (χ4n) is 1.35. The molecule has 1 N–H and O–H groups in total. The molecule has 0 aliphatic heterocycles. The summed E-state index contributed by atoms with van der Waals surface area (Å²) in [6.45, 7) is 2.93. The maximum absolute atomic E-state index is 11.8. The van der Waals surface area contributed by atoms with Crippen molar-refractivity contribution >= 4 is 11.6 Å². The molecule has 1 rings (SSSR count). The minimum atomic E-state index is -1.38. The molecule has 0 spiro atoms. The number of aliphatic hydroxyl groups is 1. The zero-order valence-corrected chi connectivity index (χ0v) is 10.0. The van der Waals surface area contributed by atoms with Crippen LogP contribution >= 0.6 is 0 Å². The number of hydrogen-bond acceptors (Lipinski definition) is 3. The van der Waals surface area contributed by atoms with Crippen molar-refractivity contribution in [2.45, 2.75) is 19.4 Å². The third-order valence-corrected chi connectivity index (χ3v) is 2.27. The number of amides is 1. The Morgan fingerprint density at radius 1 is 1.44 bits per heavy atom. The van der Waals surface area contributed by atoms with Crippen LogP contribution in [-0.4, -0.2) is 30.8 Å². The highest BCUT2D eigenvalue weighted by atomic mass is 16.5. The van der Waals surface area contributed by atoms with Crippen molar-refractivity contribution in [1.82, 2.24) is 0 Å². The molecule has 0 bridgehead atoms. The molecule has 0 saturated heterocycles. The van der Waals surface area contributed by atoms with Crippen molar-refractivity contribution < 1.29 is 14.6 Å². The van der Waals surface area contributed by atoms with Crippen LogP contribution in [0.3, 0.4) is 0 Å². The van der Waals surface area contributed by atoms with Gasteiger partial charge in [0.15, 0.2) is 0 Å².